The van der Waals surface area contributed by atoms with Gasteiger partial charge in [0.25, 0.3) is 5.91 Å². The van der Waals surface area contributed by atoms with Crippen molar-refractivity contribution in [1.29, 1.82) is 0 Å². The monoisotopic (exact) mass is 308 g/mol. The Labute approximate surface area is 124 Å². The predicted octanol–water partition coefficient (Wildman–Crippen LogP) is 3.02. The average molecular weight is 308 g/mol. The normalized spacial score (nSPS) is 10.2. The van der Waals surface area contributed by atoms with Crippen LogP contribution in [-0.2, 0) is 4.74 Å². The van der Waals surface area contributed by atoms with E-state index >= 15 is 0 Å². The lowest BCUT2D eigenvalue weighted by Gasteiger charge is -2.01. The summed E-state index contributed by atoms with van der Waals surface area (Å²) in [6.45, 7) is 3.77. The number of nitrogens with one attached hydrogen (secondary N) is 1. The van der Waals surface area contributed by atoms with E-state index in [1.165, 1.54) is 6.07 Å². The van der Waals surface area contributed by atoms with Crippen LogP contribution in [0.25, 0.3) is 0 Å². The number of carbonyl (C=O) groups excluding carboxylic acids is 2. The van der Waals surface area contributed by atoms with E-state index < -0.39 is 17.7 Å². The smallest absolute Gasteiger partial charge is 0.348 e. The first-order chi connectivity index (χ1) is 10.0. The molecular formula is C14H13FN2O3S. The molecule has 1 amide bonds. The summed E-state index contributed by atoms with van der Waals surface area (Å²) in [4.78, 5) is 27.8. The number of ether oxygens (including phenoxy) is 1. The number of anilines is 1. The molecular weight excluding hydrogens is 295 g/mol. The summed E-state index contributed by atoms with van der Waals surface area (Å²) in [6.07, 6.45) is 0.971. The Bertz CT molecular complexity index is 667. The summed E-state index contributed by atoms with van der Waals surface area (Å²) < 4.78 is 17.7. The first-order valence-electron chi connectivity index (χ1n) is 6.21. The van der Waals surface area contributed by atoms with Crippen molar-refractivity contribution in [3.8, 4) is 0 Å². The minimum absolute atomic E-state index is 0.0973. The van der Waals surface area contributed by atoms with Crippen LogP contribution >= 0.6 is 11.3 Å². The lowest BCUT2D eigenvalue weighted by Crippen LogP contribution is -2.12. The average Bonchev–Trinajstić information content (AvgIpc) is 2.80. The van der Waals surface area contributed by atoms with Gasteiger partial charge >= 0.3 is 5.97 Å². The van der Waals surface area contributed by atoms with Crippen molar-refractivity contribution in [1.82, 2.24) is 4.98 Å². The third-order valence-electron chi connectivity index (χ3n) is 2.58. The van der Waals surface area contributed by atoms with Crippen LogP contribution in [0.3, 0.4) is 0 Å². The summed E-state index contributed by atoms with van der Waals surface area (Å²) in [5.41, 5.74) is 0.820. The van der Waals surface area contributed by atoms with E-state index in [9.17, 15) is 14.0 Å². The van der Waals surface area contributed by atoms with Crippen molar-refractivity contribution in [3.05, 3.63) is 46.3 Å². The summed E-state index contributed by atoms with van der Waals surface area (Å²) in [7, 11) is 0. The largest absolute Gasteiger partial charge is 0.462 e. The second kappa shape index (κ2) is 6.45. The molecule has 21 heavy (non-hydrogen) atoms. The molecule has 2 aromatic heterocycles. The van der Waals surface area contributed by atoms with E-state index in [2.05, 4.69) is 10.3 Å². The van der Waals surface area contributed by atoms with Gasteiger partial charge in [-0.2, -0.15) is 0 Å². The topological polar surface area (TPSA) is 68.3 Å². The van der Waals surface area contributed by atoms with Crippen LogP contribution < -0.4 is 5.32 Å². The first-order valence-corrected chi connectivity index (χ1v) is 7.03. The molecule has 0 aliphatic heterocycles. The molecule has 0 radical (unpaired) electrons. The lowest BCUT2D eigenvalue weighted by molar-refractivity contribution is 0.0531. The van der Waals surface area contributed by atoms with Gasteiger partial charge in [0.15, 0.2) is 0 Å². The molecule has 0 saturated heterocycles. The highest BCUT2D eigenvalue weighted by molar-refractivity contribution is 7.18. The number of esters is 1. The van der Waals surface area contributed by atoms with Crippen LogP contribution in [0.1, 0.15) is 32.6 Å². The molecule has 0 bridgehead atoms. The number of amides is 1. The predicted molar refractivity (Wildman–Crippen MR) is 77.2 cm³/mol. The van der Waals surface area contributed by atoms with E-state index in [0.717, 1.165) is 29.2 Å². The van der Waals surface area contributed by atoms with Crippen molar-refractivity contribution in [2.45, 2.75) is 13.8 Å². The molecule has 1 N–H and O–H groups in total. The van der Waals surface area contributed by atoms with Crippen LogP contribution in [-0.4, -0.2) is 23.5 Å². The Hall–Kier alpha value is -2.28. The highest BCUT2D eigenvalue weighted by atomic mass is 32.1. The Morgan fingerprint density at radius 3 is 2.81 bits per heavy atom. The summed E-state index contributed by atoms with van der Waals surface area (Å²) >= 11 is 1.13. The van der Waals surface area contributed by atoms with Gasteiger partial charge in [0.05, 0.1) is 17.8 Å². The molecule has 110 valence electrons. The quantitative estimate of drug-likeness (QED) is 0.882. The van der Waals surface area contributed by atoms with Gasteiger partial charge in [-0.15, -0.1) is 11.3 Å². The molecule has 0 fully saturated rings. The molecule has 0 aliphatic rings. The van der Waals surface area contributed by atoms with Crippen LogP contribution in [0.15, 0.2) is 24.4 Å². The Morgan fingerprint density at radius 1 is 1.43 bits per heavy atom. The number of nitrogens with zero attached hydrogens (tertiary/aromatic N) is 1. The second-order valence-corrected chi connectivity index (χ2v) is 5.21. The number of hydrogen-bond acceptors (Lipinski definition) is 5. The van der Waals surface area contributed by atoms with E-state index in [1.807, 2.05) is 0 Å². The minimum Gasteiger partial charge on any atom is -0.462 e. The van der Waals surface area contributed by atoms with Crippen molar-refractivity contribution in [2.75, 3.05) is 11.9 Å². The van der Waals surface area contributed by atoms with Crippen molar-refractivity contribution in [2.24, 2.45) is 0 Å². The number of aryl methyl sites for hydroxylation is 1. The number of carbonyl (C=O) groups is 2. The summed E-state index contributed by atoms with van der Waals surface area (Å²) in [6, 6.07) is 4.13. The zero-order valence-corrected chi connectivity index (χ0v) is 12.3. The number of halogens is 1. The van der Waals surface area contributed by atoms with Crippen LogP contribution in [0.4, 0.5) is 9.39 Å². The van der Waals surface area contributed by atoms with Crippen molar-refractivity contribution in [3.63, 3.8) is 0 Å². The van der Waals surface area contributed by atoms with Gasteiger partial charge in [-0.1, -0.05) is 0 Å². The van der Waals surface area contributed by atoms with Gasteiger partial charge in [0.1, 0.15) is 16.4 Å². The third kappa shape index (κ3) is 3.63. The van der Waals surface area contributed by atoms with Crippen LogP contribution in [0.5, 0.6) is 0 Å². The molecule has 0 spiro atoms. The SMILES string of the molecule is CCOC(=O)c1sc(NC(=O)c2ccc(F)cn2)cc1C. The molecule has 0 atom stereocenters. The van der Waals surface area contributed by atoms with E-state index in [0.29, 0.717) is 9.88 Å². The number of pyridine rings is 1. The Kier molecular flexibility index (Phi) is 4.64. The maximum Gasteiger partial charge on any atom is 0.348 e. The van der Waals surface area contributed by atoms with Gasteiger partial charge in [-0.3, -0.25) is 4.79 Å². The molecule has 2 rings (SSSR count). The van der Waals surface area contributed by atoms with E-state index in [1.54, 1.807) is 19.9 Å². The number of hydrogen-bond donors (Lipinski definition) is 1. The number of thiophene rings is 1. The number of rotatable bonds is 4. The molecule has 7 heteroatoms. The van der Waals surface area contributed by atoms with Gasteiger partial charge < -0.3 is 10.1 Å². The summed E-state index contributed by atoms with van der Waals surface area (Å²) in [5.74, 6) is -1.39. The van der Waals surface area contributed by atoms with Gasteiger partial charge in [0, 0.05) is 0 Å². The maximum atomic E-state index is 12.8. The van der Waals surface area contributed by atoms with E-state index in [4.69, 9.17) is 4.74 Å². The van der Waals surface area contributed by atoms with E-state index in [-0.39, 0.29) is 12.3 Å². The Morgan fingerprint density at radius 2 is 2.19 bits per heavy atom. The fourth-order valence-electron chi connectivity index (χ4n) is 1.63. The van der Waals surface area contributed by atoms with Crippen molar-refractivity contribution >= 4 is 28.2 Å². The zero-order chi connectivity index (χ0) is 15.4. The number of aromatic nitrogens is 1. The second-order valence-electron chi connectivity index (χ2n) is 4.16. The van der Waals surface area contributed by atoms with Crippen molar-refractivity contribution < 1.29 is 18.7 Å². The fourth-order valence-corrected chi connectivity index (χ4v) is 2.59. The molecule has 0 saturated carbocycles. The molecule has 2 aromatic rings. The van der Waals surface area contributed by atoms with Gasteiger partial charge in [-0.05, 0) is 37.6 Å². The lowest BCUT2D eigenvalue weighted by atomic mass is 10.3. The molecule has 2 heterocycles. The summed E-state index contributed by atoms with van der Waals surface area (Å²) in [5, 5.41) is 3.13. The Balaban J connectivity index is 2.13. The first kappa shape index (κ1) is 15.1. The maximum absolute atomic E-state index is 12.8. The van der Waals surface area contributed by atoms with Crippen LogP contribution in [0.2, 0.25) is 0 Å². The highest BCUT2D eigenvalue weighted by Crippen LogP contribution is 2.27. The third-order valence-corrected chi connectivity index (χ3v) is 3.71. The van der Waals surface area contributed by atoms with Gasteiger partial charge in [0.2, 0.25) is 0 Å². The molecule has 0 aromatic carbocycles. The van der Waals surface area contributed by atoms with Gasteiger partial charge in [-0.25, -0.2) is 14.2 Å². The fraction of sp³-hybridized carbons (Fsp3) is 0.214. The zero-order valence-electron chi connectivity index (χ0n) is 11.5. The minimum atomic E-state index is -0.511. The highest BCUT2D eigenvalue weighted by Gasteiger charge is 2.16. The molecule has 0 unspecified atom stereocenters. The molecule has 5 nitrogen and oxygen atoms in total. The molecule has 0 aliphatic carbocycles. The standard InChI is InChI=1S/C14H13FN2O3S/c1-3-20-14(19)12-8(2)6-11(21-12)17-13(18)10-5-4-9(15)7-16-10/h4-7H,3H2,1-2H3,(H,17,18). The van der Waals surface area contributed by atoms with Crippen LogP contribution in [0, 0.1) is 12.7 Å².